The number of nitrogens with zero attached hydrogens (tertiary/aromatic N) is 10. The molecule has 4 aromatic rings. The zero-order chi connectivity index (χ0) is 23.6. The van der Waals surface area contributed by atoms with Gasteiger partial charge < -0.3 is 9.41 Å². The van der Waals surface area contributed by atoms with Gasteiger partial charge in [0.05, 0.1) is 23.8 Å². The zero-order valence-corrected chi connectivity index (χ0v) is 19.3. The van der Waals surface area contributed by atoms with Crippen molar-refractivity contribution < 1.29 is 20.4 Å². The molecule has 164 valence electrons. The third kappa shape index (κ3) is 4.18. The molecule has 10 nitrogen and oxygen atoms in total. The molecule has 0 unspecified atom stereocenters. The summed E-state index contributed by atoms with van der Waals surface area (Å²) in [4.78, 5) is 20.5. The molecule has 0 radical (unpaired) electrons. The largest absolute Gasteiger partial charge is 2.00 e. The summed E-state index contributed by atoms with van der Waals surface area (Å²) in [5.74, 6) is 0.774. The van der Waals surface area contributed by atoms with E-state index >= 15 is 0 Å². The average Bonchev–Trinajstić information content (AvgIpc) is 3.48. The van der Waals surface area contributed by atoms with Crippen LogP contribution < -0.4 is 0 Å². The Bertz CT molecular complexity index is 1430. The Hall–Kier alpha value is -4.66. The Morgan fingerprint density at radius 1 is 0.824 bits per heavy atom. The topological polar surface area (TPSA) is 137 Å². The van der Waals surface area contributed by atoms with E-state index < -0.39 is 5.41 Å². The van der Waals surface area contributed by atoms with Gasteiger partial charge in [0, 0.05) is 28.9 Å². The standard InChI is InChI=1S/C23H12N10.Pd/c1-23(2,17-6-4-8-19(30-17)32-13-15(10-24)28-21(32)12-26)18-7-5-9-20(31-18)33-14-16(11-25)29-22(33)27-3;/h4-9H,1-2H3;/q-2;+2. The van der Waals surface area contributed by atoms with Crippen LogP contribution >= 0.6 is 0 Å². The summed E-state index contributed by atoms with van der Waals surface area (Å²) in [6.07, 6.45) is 5.49. The fraction of sp³-hybridized carbons (Fsp3) is 0.130. The van der Waals surface area contributed by atoms with Crippen LogP contribution in [0.25, 0.3) is 16.5 Å². The summed E-state index contributed by atoms with van der Waals surface area (Å²) in [6.45, 7) is 11.2. The third-order valence-corrected chi connectivity index (χ3v) is 4.90. The van der Waals surface area contributed by atoms with E-state index in [1.54, 1.807) is 24.3 Å². The van der Waals surface area contributed by atoms with Crippen LogP contribution in [-0.4, -0.2) is 29.1 Å². The van der Waals surface area contributed by atoms with Crippen molar-refractivity contribution in [3.8, 4) is 29.8 Å². The maximum Gasteiger partial charge on any atom is 2.00 e. The molecule has 0 aliphatic rings. The minimum absolute atomic E-state index is 0. The fourth-order valence-corrected chi connectivity index (χ4v) is 3.17. The van der Waals surface area contributed by atoms with Crippen LogP contribution in [0.5, 0.6) is 0 Å². The van der Waals surface area contributed by atoms with E-state index in [0.29, 0.717) is 23.0 Å². The molecule has 11 heteroatoms. The van der Waals surface area contributed by atoms with E-state index in [1.165, 1.54) is 9.13 Å². The van der Waals surface area contributed by atoms with Gasteiger partial charge >= 0.3 is 26.4 Å². The number of pyridine rings is 2. The van der Waals surface area contributed by atoms with Crippen molar-refractivity contribution in [3.05, 3.63) is 88.8 Å². The normalized spacial score (nSPS) is 10.3. The molecule has 0 atom stereocenters. The molecule has 0 fully saturated rings. The van der Waals surface area contributed by atoms with Gasteiger partial charge in [-0.3, -0.25) is 30.0 Å². The summed E-state index contributed by atoms with van der Waals surface area (Å²) in [5, 5.41) is 27.5. The van der Waals surface area contributed by atoms with Crippen molar-refractivity contribution in [1.29, 1.82) is 15.8 Å². The smallest absolute Gasteiger partial charge is 0.395 e. The van der Waals surface area contributed by atoms with Gasteiger partial charge in [-0.25, -0.2) is 5.26 Å². The van der Waals surface area contributed by atoms with Crippen LogP contribution in [0.4, 0.5) is 5.95 Å². The first-order valence-electron chi connectivity index (χ1n) is 9.49. The zero-order valence-electron chi connectivity index (χ0n) is 17.8. The number of aromatic nitrogens is 6. The summed E-state index contributed by atoms with van der Waals surface area (Å²) >= 11 is 0. The molecule has 0 N–H and O–H groups in total. The molecule has 0 aromatic carbocycles. The van der Waals surface area contributed by atoms with Crippen LogP contribution in [-0.2, 0) is 25.8 Å². The van der Waals surface area contributed by atoms with E-state index in [4.69, 9.17) is 17.1 Å². The molecular weight excluding hydrogens is 523 g/mol. The Balaban J connectivity index is 0.00000324. The second-order valence-corrected chi connectivity index (χ2v) is 7.27. The van der Waals surface area contributed by atoms with E-state index in [0.717, 1.165) is 0 Å². The number of nitriles is 3. The summed E-state index contributed by atoms with van der Waals surface area (Å²) < 4.78 is 2.69. The molecule has 0 amide bonds. The molecule has 0 aliphatic carbocycles. The molecule has 0 saturated carbocycles. The van der Waals surface area contributed by atoms with Gasteiger partial charge in [-0.05, 0) is 38.2 Å². The molecule has 4 heterocycles. The molecule has 4 rings (SSSR count). The number of rotatable bonds is 4. The van der Waals surface area contributed by atoms with Gasteiger partial charge in [0.1, 0.15) is 11.6 Å². The predicted octanol–water partition coefficient (Wildman–Crippen LogP) is 2.94. The number of hydrogen-bond acceptors (Lipinski definition) is 7. The van der Waals surface area contributed by atoms with E-state index in [9.17, 15) is 5.26 Å². The van der Waals surface area contributed by atoms with Crippen molar-refractivity contribution in [1.82, 2.24) is 29.1 Å². The fourth-order valence-electron chi connectivity index (χ4n) is 3.17. The molecule has 0 bridgehead atoms. The molecule has 0 aliphatic heterocycles. The average molecular weight is 535 g/mol. The number of hydrogen-bond donors (Lipinski definition) is 0. The monoisotopic (exact) mass is 534 g/mol. The SMILES string of the molecule is [C-]#[N+]c1nc(C#N)[c-]n1-c1cccc(C(C)(C)c2cccc(-n3[c-]c(C#N)nc3C#N)n2)n1.[Pd+2]. The van der Waals surface area contributed by atoms with Gasteiger partial charge in [0.2, 0.25) is 0 Å². The molecular formula is C23H12N10Pd. The van der Waals surface area contributed by atoms with Crippen molar-refractivity contribution >= 4 is 5.95 Å². The molecule has 34 heavy (non-hydrogen) atoms. The minimum atomic E-state index is -0.686. The quantitative estimate of drug-likeness (QED) is 0.290. The van der Waals surface area contributed by atoms with E-state index in [-0.39, 0.29) is 43.6 Å². The van der Waals surface area contributed by atoms with Crippen molar-refractivity contribution in [2.24, 2.45) is 0 Å². The van der Waals surface area contributed by atoms with Crippen molar-refractivity contribution in [2.45, 2.75) is 19.3 Å². The number of imidazole rings is 2. The first-order valence-corrected chi connectivity index (χ1v) is 9.49. The van der Waals surface area contributed by atoms with Crippen LogP contribution in [0, 0.1) is 53.0 Å². The summed E-state index contributed by atoms with van der Waals surface area (Å²) in [7, 11) is 0. The molecule has 0 spiro atoms. The Morgan fingerprint density at radius 2 is 1.35 bits per heavy atom. The van der Waals surface area contributed by atoms with Crippen LogP contribution in [0.2, 0.25) is 0 Å². The predicted molar refractivity (Wildman–Crippen MR) is 113 cm³/mol. The summed E-state index contributed by atoms with van der Waals surface area (Å²) in [5.41, 5.74) is 0.606. The molecule has 0 saturated heterocycles. The van der Waals surface area contributed by atoms with Gasteiger partial charge in [-0.15, -0.1) is 11.6 Å². The first kappa shape index (κ1) is 24.0. The van der Waals surface area contributed by atoms with Crippen LogP contribution in [0.15, 0.2) is 36.4 Å². The van der Waals surface area contributed by atoms with E-state index in [2.05, 4.69) is 37.2 Å². The maximum atomic E-state index is 9.34. The Labute approximate surface area is 208 Å². The Kier molecular flexibility index (Phi) is 6.67. The van der Waals surface area contributed by atoms with Crippen molar-refractivity contribution in [3.63, 3.8) is 0 Å². The van der Waals surface area contributed by atoms with E-state index in [1.807, 2.05) is 44.2 Å². The second-order valence-electron chi connectivity index (χ2n) is 7.27. The van der Waals surface area contributed by atoms with Gasteiger partial charge in [0.25, 0.3) is 0 Å². The van der Waals surface area contributed by atoms with Gasteiger partial charge in [0.15, 0.2) is 5.69 Å². The minimum Gasteiger partial charge on any atom is -0.395 e. The maximum absolute atomic E-state index is 9.34. The second kappa shape index (κ2) is 9.45. The summed E-state index contributed by atoms with van der Waals surface area (Å²) in [6, 6.07) is 16.3. The third-order valence-electron chi connectivity index (χ3n) is 4.90. The van der Waals surface area contributed by atoms with Crippen LogP contribution in [0.1, 0.15) is 42.4 Å². The first-order chi connectivity index (χ1) is 15.9. The molecule has 4 aromatic heterocycles. The van der Waals surface area contributed by atoms with Crippen LogP contribution in [0.3, 0.4) is 0 Å². The Morgan fingerprint density at radius 3 is 1.88 bits per heavy atom. The van der Waals surface area contributed by atoms with Gasteiger partial charge in [-0.1, -0.05) is 18.2 Å². The van der Waals surface area contributed by atoms with Gasteiger partial charge in [-0.2, -0.15) is 0 Å². The van der Waals surface area contributed by atoms with Crippen molar-refractivity contribution in [2.75, 3.05) is 0 Å².